The summed E-state index contributed by atoms with van der Waals surface area (Å²) in [7, 11) is 0. The fourth-order valence-electron chi connectivity index (χ4n) is 2.20. The summed E-state index contributed by atoms with van der Waals surface area (Å²) in [5.74, 6) is -0.247. The van der Waals surface area contributed by atoms with Crippen molar-refractivity contribution in [2.24, 2.45) is 0 Å². The predicted octanol–water partition coefficient (Wildman–Crippen LogP) is 1.48. The van der Waals surface area contributed by atoms with Gasteiger partial charge in [-0.15, -0.1) is 0 Å². The Morgan fingerprint density at radius 1 is 1.33 bits per heavy atom. The number of amides is 1. The van der Waals surface area contributed by atoms with E-state index in [9.17, 15) is 14.9 Å². The van der Waals surface area contributed by atoms with Crippen LogP contribution < -0.4 is 5.32 Å². The quantitative estimate of drug-likeness (QED) is 0.671. The highest BCUT2D eigenvalue weighted by atomic mass is 16.6. The molecule has 0 bridgehead atoms. The molecule has 21 heavy (non-hydrogen) atoms. The molecule has 114 valence electrons. The van der Waals surface area contributed by atoms with Gasteiger partial charge in [0.05, 0.1) is 24.7 Å². The summed E-state index contributed by atoms with van der Waals surface area (Å²) in [6, 6.07) is 3.13. The Kier molecular flexibility index (Phi) is 4.87. The van der Waals surface area contributed by atoms with Gasteiger partial charge in [0, 0.05) is 19.2 Å². The van der Waals surface area contributed by atoms with Crippen molar-refractivity contribution in [1.82, 2.24) is 4.90 Å². The van der Waals surface area contributed by atoms with Crippen LogP contribution in [0.3, 0.4) is 0 Å². The first-order valence-electron chi connectivity index (χ1n) is 6.83. The van der Waals surface area contributed by atoms with Crippen LogP contribution in [0.5, 0.6) is 0 Å². The third kappa shape index (κ3) is 3.99. The smallest absolute Gasteiger partial charge is 0.293 e. The van der Waals surface area contributed by atoms with Gasteiger partial charge in [-0.25, -0.2) is 0 Å². The van der Waals surface area contributed by atoms with Crippen LogP contribution in [0, 0.1) is 24.0 Å². The number of nitro groups is 1. The second-order valence-corrected chi connectivity index (χ2v) is 5.15. The lowest BCUT2D eigenvalue weighted by molar-refractivity contribution is -0.384. The Labute approximate surface area is 123 Å². The maximum absolute atomic E-state index is 12.0. The average Bonchev–Trinajstić information content (AvgIpc) is 2.43. The topological polar surface area (TPSA) is 84.7 Å². The minimum absolute atomic E-state index is 0.0755. The average molecular weight is 293 g/mol. The van der Waals surface area contributed by atoms with Crippen molar-refractivity contribution in [3.8, 4) is 0 Å². The number of morpholine rings is 1. The maximum Gasteiger partial charge on any atom is 0.293 e. The van der Waals surface area contributed by atoms with Gasteiger partial charge < -0.3 is 10.1 Å². The van der Waals surface area contributed by atoms with Gasteiger partial charge in [-0.1, -0.05) is 0 Å². The third-order valence-corrected chi connectivity index (χ3v) is 3.55. The Morgan fingerprint density at radius 2 is 1.95 bits per heavy atom. The number of ether oxygens (including phenoxy) is 1. The van der Waals surface area contributed by atoms with Crippen LogP contribution in [0.15, 0.2) is 12.1 Å². The number of rotatable bonds is 4. The summed E-state index contributed by atoms with van der Waals surface area (Å²) >= 11 is 0. The van der Waals surface area contributed by atoms with Crippen molar-refractivity contribution in [2.75, 3.05) is 38.2 Å². The van der Waals surface area contributed by atoms with Gasteiger partial charge in [0.2, 0.25) is 5.91 Å². The highest BCUT2D eigenvalue weighted by Gasteiger charge is 2.19. The molecule has 1 heterocycles. The van der Waals surface area contributed by atoms with Crippen LogP contribution in [-0.4, -0.2) is 48.6 Å². The second kappa shape index (κ2) is 6.64. The maximum atomic E-state index is 12.0. The third-order valence-electron chi connectivity index (χ3n) is 3.55. The van der Waals surface area contributed by atoms with E-state index in [1.165, 1.54) is 6.07 Å². The van der Waals surface area contributed by atoms with E-state index in [2.05, 4.69) is 5.32 Å². The molecule has 1 aromatic rings. The molecular weight excluding hydrogens is 274 g/mol. The lowest BCUT2D eigenvalue weighted by Crippen LogP contribution is -2.41. The van der Waals surface area contributed by atoms with Gasteiger partial charge in [0.15, 0.2) is 0 Å². The largest absolute Gasteiger partial charge is 0.379 e. The molecule has 7 heteroatoms. The summed E-state index contributed by atoms with van der Waals surface area (Å²) in [5, 5.41) is 13.7. The van der Waals surface area contributed by atoms with Crippen molar-refractivity contribution < 1.29 is 14.5 Å². The normalized spacial score (nSPS) is 15.7. The molecule has 1 aliphatic rings. The molecular formula is C14H19N3O4. The molecule has 0 saturated carbocycles. The van der Waals surface area contributed by atoms with Crippen LogP contribution in [0.4, 0.5) is 11.4 Å². The molecule has 0 aliphatic carbocycles. The van der Waals surface area contributed by atoms with Gasteiger partial charge in [-0.3, -0.25) is 19.8 Å². The minimum Gasteiger partial charge on any atom is -0.379 e. The van der Waals surface area contributed by atoms with Crippen molar-refractivity contribution >= 4 is 17.3 Å². The lowest BCUT2D eigenvalue weighted by Gasteiger charge is -2.25. The predicted molar refractivity (Wildman–Crippen MR) is 78.5 cm³/mol. The zero-order valence-corrected chi connectivity index (χ0v) is 12.2. The van der Waals surface area contributed by atoms with Gasteiger partial charge >= 0.3 is 0 Å². The van der Waals surface area contributed by atoms with E-state index in [0.717, 1.165) is 11.1 Å². The molecule has 1 aliphatic heterocycles. The summed E-state index contributed by atoms with van der Waals surface area (Å²) < 4.78 is 5.22. The van der Waals surface area contributed by atoms with Gasteiger partial charge in [-0.2, -0.15) is 0 Å². The van der Waals surface area contributed by atoms with E-state index >= 15 is 0 Å². The summed E-state index contributed by atoms with van der Waals surface area (Å²) in [4.78, 5) is 24.6. The number of nitrogens with one attached hydrogen (secondary N) is 1. The van der Waals surface area contributed by atoms with E-state index in [4.69, 9.17) is 4.74 Å². The Bertz CT molecular complexity index is 553. The molecule has 1 aromatic carbocycles. The number of anilines is 1. The molecule has 1 fully saturated rings. The number of carbonyl (C=O) groups is 1. The highest BCUT2D eigenvalue weighted by molar-refractivity contribution is 5.94. The van der Waals surface area contributed by atoms with Crippen LogP contribution in [-0.2, 0) is 9.53 Å². The molecule has 0 spiro atoms. The van der Waals surface area contributed by atoms with Crippen molar-refractivity contribution in [1.29, 1.82) is 0 Å². The zero-order valence-electron chi connectivity index (χ0n) is 12.2. The van der Waals surface area contributed by atoms with E-state index in [1.54, 1.807) is 6.07 Å². The monoisotopic (exact) mass is 293 g/mol. The Morgan fingerprint density at radius 3 is 2.57 bits per heavy atom. The summed E-state index contributed by atoms with van der Waals surface area (Å²) in [6.45, 7) is 6.49. The molecule has 0 unspecified atom stereocenters. The number of hydrogen-bond donors (Lipinski definition) is 1. The highest BCUT2D eigenvalue weighted by Crippen LogP contribution is 2.27. The van der Waals surface area contributed by atoms with E-state index in [1.807, 2.05) is 18.7 Å². The molecule has 0 atom stereocenters. The minimum atomic E-state index is -0.475. The first-order valence-corrected chi connectivity index (χ1v) is 6.83. The van der Waals surface area contributed by atoms with Crippen LogP contribution >= 0.6 is 0 Å². The first-order chi connectivity index (χ1) is 9.97. The first kappa shape index (κ1) is 15.4. The SMILES string of the molecule is Cc1cc(NC(=O)CN2CCOCC2)c([N+](=O)[O-])cc1C. The molecule has 1 amide bonds. The van der Waals surface area contributed by atoms with E-state index < -0.39 is 4.92 Å². The fourth-order valence-corrected chi connectivity index (χ4v) is 2.20. The molecule has 0 radical (unpaired) electrons. The van der Waals surface area contributed by atoms with Crippen LogP contribution in [0.2, 0.25) is 0 Å². The van der Waals surface area contributed by atoms with Crippen molar-refractivity contribution in [3.63, 3.8) is 0 Å². The van der Waals surface area contributed by atoms with Crippen molar-refractivity contribution in [3.05, 3.63) is 33.4 Å². The number of carbonyl (C=O) groups excluding carboxylic acids is 1. The summed E-state index contributed by atoms with van der Waals surface area (Å²) in [5.41, 5.74) is 1.91. The van der Waals surface area contributed by atoms with E-state index in [-0.39, 0.29) is 23.8 Å². The van der Waals surface area contributed by atoms with Gasteiger partial charge in [0.25, 0.3) is 5.69 Å². The molecule has 2 rings (SSSR count). The standard InChI is InChI=1S/C14H19N3O4/c1-10-7-12(13(17(19)20)8-11(10)2)15-14(18)9-16-3-5-21-6-4-16/h7-8H,3-6,9H2,1-2H3,(H,15,18). The molecule has 0 aromatic heterocycles. The van der Waals surface area contributed by atoms with Crippen LogP contribution in [0.25, 0.3) is 0 Å². The van der Waals surface area contributed by atoms with Gasteiger partial charge in [-0.05, 0) is 31.0 Å². The zero-order chi connectivity index (χ0) is 15.4. The molecule has 7 nitrogen and oxygen atoms in total. The number of aryl methyl sites for hydroxylation is 2. The summed E-state index contributed by atoms with van der Waals surface area (Å²) in [6.07, 6.45) is 0. The van der Waals surface area contributed by atoms with Crippen molar-refractivity contribution in [2.45, 2.75) is 13.8 Å². The second-order valence-electron chi connectivity index (χ2n) is 5.15. The van der Waals surface area contributed by atoms with E-state index in [0.29, 0.717) is 26.3 Å². The number of nitro benzene ring substituents is 1. The molecule has 1 N–H and O–H groups in total. The van der Waals surface area contributed by atoms with Gasteiger partial charge in [0.1, 0.15) is 5.69 Å². The van der Waals surface area contributed by atoms with Crippen LogP contribution in [0.1, 0.15) is 11.1 Å². The Hall–Kier alpha value is -1.99. The number of nitrogens with zero attached hydrogens (tertiary/aromatic N) is 2. The Balaban J connectivity index is 2.09. The molecule has 1 saturated heterocycles. The number of hydrogen-bond acceptors (Lipinski definition) is 5. The fraction of sp³-hybridized carbons (Fsp3) is 0.500. The number of benzene rings is 1. The lowest BCUT2D eigenvalue weighted by atomic mass is 10.1.